The van der Waals surface area contributed by atoms with E-state index in [1.54, 1.807) is 7.05 Å². The van der Waals surface area contributed by atoms with Crippen LogP contribution in [0.25, 0.3) is 0 Å². The van der Waals surface area contributed by atoms with Crippen molar-refractivity contribution in [3.05, 3.63) is 42.0 Å². The van der Waals surface area contributed by atoms with Crippen LogP contribution in [-0.4, -0.2) is 42.0 Å². The molecule has 1 aromatic rings. The van der Waals surface area contributed by atoms with Crippen molar-refractivity contribution in [3.8, 4) is 0 Å². The van der Waals surface area contributed by atoms with Crippen molar-refractivity contribution >= 4 is 29.7 Å². The molecule has 1 fully saturated rings. The van der Waals surface area contributed by atoms with Crippen LogP contribution < -0.4 is 4.90 Å². The van der Waals surface area contributed by atoms with Gasteiger partial charge in [0.2, 0.25) is 11.8 Å². The number of aldehydes is 1. The summed E-state index contributed by atoms with van der Waals surface area (Å²) in [6.07, 6.45) is 8.86. The summed E-state index contributed by atoms with van der Waals surface area (Å²) in [5.74, 6) is 0.0356. The second-order valence-electron chi connectivity index (χ2n) is 7.68. The van der Waals surface area contributed by atoms with E-state index in [-0.39, 0.29) is 23.8 Å². The molecule has 31 heavy (non-hydrogen) atoms. The summed E-state index contributed by atoms with van der Waals surface area (Å²) in [6, 6.07) is 7.93. The van der Waals surface area contributed by atoms with Gasteiger partial charge in [0.15, 0.2) is 0 Å². The van der Waals surface area contributed by atoms with Gasteiger partial charge >= 0.3 is 0 Å². The number of hydrogen-bond donors (Lipinski definition) is 0. The molecule has 0 spiro atoms. The third-order valence-corrected chi connectivity index (χ3v) is 5.67. The molecule has 170 valence electrons. The van der Waals surface area contributed by atoms with Gasteiger partial charge in [-0.2, -0.15) is 0 Å². The van der Waals surface area contributed by atoms with Crippen molar-refractivity contribution in [2.75, 3.05) is 11.9 Å². The van der Waals surface area contributed by atoms with Gasteiger partial charge in [-0.1, -0.05) is 26.0 Å². The molecule has 0 radical (unpaired) electrons. The molecule has 3 amide bonds. The average Bonchev–Trinajstić information content (AvgIpc) is 2.77. The number of aryl methyl sites for hydroxylation is 1. The van der Waals surface area contributed by atoms with Crippen LogP contribution in [0.4, 0.5) is 5.69 Å². The Hall–Kier alpha value is -2.76. The molecule has 1 aromatic carbocycles. The molecule has 1 aliphatic rings. The van der Waals surface area contributed by atoms with Gasteiger partial charge in [-0.25, -0.2) is 0 Å². The van der Waals surface area contributed by atoms with Crippen molar-refractivity contribution < 1.29 is 19.2 Å². The summed E-state index contributed by atoms with van der Waals surface area (Å²) < 4.78 is 0. The Morgan fingerprint density at radius 1 is 0.968 bits per heavy atom. The van der Waals surface area contributed by atoms with E-state index in [0.29, 0.717) is 12.2 Å². The van der Waals surface area contributed by atoms with Gasteiger partial charge in [0, 0.05) is 38.7 Å². The lowest BCUT2D eigenvalue weighted by atomic mass is 9.82. The molecule has 1 saturated carbocycles. The molecule has 0 heterocycles. The number of carbonyl (C=O) groups is 4. The quantitative estimate of drug-likeness (QED) is 0.479. The maximum atomic E-state index is 11.9. The van der Waals surface area contributed by atoms with Gasteiger partial charge in [0.05, 0.1) is 0 Å². The number of carbonyl (C=O) groups excluding carboxylic acids is 4. The molecular weight excluding hydrogens is 392 g/mol. The number of imide groups is 1. The van der Waals surface area contributed by atoms with Crippen molar-refractivity contribution in [3.63, 3.8) is 0 Å². The highest BCUT2D eigenvalue weighted by molar-refractivity contribution is 6.02. The lowest BCUT2D eigenvalue weighted by molar-refractivity contribution is -0.145. The Labute approximate surface area is 186 Å². The predicted molar refractivity (Wildman–Crippen MR) is 124 cm³/mol. The molecule has 0 aromatic heterocycles. The van der Waals surface area contributed by atoms with E-state index in [1.165, 1.54) is 41.4 Å². The zero-order chi connectivity index (χ0) is 23.4. The Balaban J connectivity index is 0.00000233. The predicted octanol–water partition coefficient (Wildman–Crippen LogP) is 4.32. The minimum absolute atomic E-state index is 0.0434. The molecular formula is C25H36N2O4. The second kappa shape index (κ2) is 13.5. The van der Waals surface area contributed by atoms with Gasteiger partial charge in [0.1, 0.15) is 6.29 Å². The number of anilines is 1. The summed E-state index contributed by atoms with van der Waals surface area (Å²) in [4.78, 5) is 48.6. The molecule has 0 unspecified atom stereocenters. The maximum absolute atomic E-state index is 11.9. The number of hydrogen-bond acceptors (Lipinski definition) is 4. The van der Waals surface area contributed by atoms with E-state index in [9.17, 15) is 19.2 Å². The van der Waals surface area contributed by atoms with Crippen LogP contribution in [-0.2, 0) is 25.6 Å². The Morgan fingerprint density at radius 3 is 2.00 bits per heavy atom. The first-order chi connectivity index (χ1) is 14.8. The topological polar surface area (TPSA) is 74.8 Å². The van der Waals surface area contributed by atoms with Gasteiger partial charge in [0.25, 0.3) is 5.91 Å². The van der Waals surface area contributed by atoms with Crippen LogP contribution in [0.1, 0.15) is 65.4 Å². The third kappa shape index (κ3) is 8.12. The largest absolute Gasteiger partial charge is 0.312 e. The Kier molecular flexibility index (Phi) is 11.5. The fourth-order valence-electron chi connectivity index (χ4n) is 4.05. The standard InChI is InChI=1S/C23H30N2O4.C2H6/c1-17(27)25(18(2)28)22-14-10-20(11-15-22)7-6-19-8-12-21(13-9-19)24(3)23(29)5-4-16-26;1-2/h4-5,8-9,12-13,16,20,22H,6-7,10-11,14-15H2,1-3H3;1-2H3/b5-4-;. The van der Waals surface area contributed by atoms with Gasteiger partial charge in [-0.3, -0.25) is 24.1 Å². The molecule has 0 N–H and O–H groups in total. The minimum atomic E-state index is -0.244. The van der Waals surface area contributed by atoms with Crippen LogP contribution >= 0.6 is 0 Å². The van der Waals surface area contributed by atoms with Crippen molar-refractivity contribution in [2.45, 2.75) is 72.3 Å². The Bertz CT molecular complexity index is 748. The first-order valence-electron chi connectivity index (χ1n) is 11.1. The molecule has 0 atom stereocenters. The lowest BCUT2D eigenvalue weighted by Crippen LogP contribution is -2.44. The molecule has 6 heteroatoms. The van der Waals surface area contributed by atoms with E-state index in [2.05, 4.69) is 0 Å². The summed E-state index contributed by atoms with van der Waals surface area (Å²) >= 11 is 0. The third-order valence-electron chi connectivity index (χ3n) is 5.67. The molecule has 0 aliphatic heterocycles. The highest BCUT2D eigenvalue weighted by atomic mass is 16.2. The second-order valence-corrected chi connectivity index (χ2v) is 7.68. The normalized spacial score (nSPS) is 18.0. The first kappa shape index (κ1) is 26.3. The molecule has 1 aliphatic carbocycles. The fourth-order valence-corrected chi connectivity index (χ4v) is 4.05. The number of likely N-dealkylation sites (N-methyl/N-ethyl adjacent to an activating group) is 1. The summed E-state index contributed by atoms with van der Waals surface area (Å²) in [5, 5.41) is 0. The minimum Gasteiger partial charge on any atom is -0.312 e. The maximum Gasteiger partial charge on any atom is 0.250 e. The number of allylic oxidation sites excluding steroid dienone is 1. The van der Waals surface area contributed by atoms with Crippen molar-refractivity contribution in [1.29, 1.82) is 0 Å². The average molecular weight is 429 g/mol. The molecule has 2 rings (SSSR count). The van der Waals surface area contributed by atoms with Gasteiger partial charge in [-0.15, -0.1) is 0 Å². The van der Waals surface area contributed by atoms with E-state index in [4.69, 9.17) is 0 Å². The van der Waals surface area contributed by atoms with Crippen molar-refractivity contribution in [2.24, 2.45) is 5.92 Å². The van der Waals surface area contributed by atoms with E-state index < -0.39 is 0 Å². The first-order valence-corrected chi connectivity index (χ1v) is 11.1. The lowest BCUT2D eigenvalue weighted by Gasteiger charge is -2.34. The van der Waals surface area contributed by atoms with E-state index in [0.717, 1.165) is 44.2 Å². The molecule has 6 nitrogen and oxygen atoms in total. The zero-order valence-electron chi connectivity index (χ0n) is 19.5. The monoisotopic (exact) mass is 428 g/mol. The van der Waals surface area contributed by atoms with Crippen molar-refractivity contribution in [1.82, 2.24) is 4.90 Å². The van der Waals surface area contributed by atoms with E-state index in [1.807, 2.05) is 38.1 Å². The van der Waals surface area contributed by atoms with Crippen LogP contribution in [0, 0.1) is 5.92 Å². The Morgan fingerprint density at radius 2 is 1.52 bits per heavy atom. The number of amides is 3. The summed E-state index contributed by atoms with van der Waals surface area (Å²) in [5.41, 5.74) is 2.00. The molecule has 0 saturated heterocycles. The fraction of sp³-hybridized carbons (Fsp3) is 0.520. The summed E-state index contributed by atoms with van der Waals surface area (Å²) in [6.45, 7) is 6.92. The van der Waals surface area contributed by atoms with Crippen LogP contribution in [0.3, 0.4) is 0 Å². The number of nitrogens with zero attached hydrogens (tertiary/aromatic N) is 2. The van der Waals surface area contributed by atoms with Crippen LogP contribution in [0.2, 0.25) is 0 Å². The van der Waals surface area contributed by atoms with Crippen LogP contribution in [0.15, 0.2) is 36.4 Å². The SMILES string of the molecule is CC.CC(=O)N(C(C)=O)C1CCC(CCc2ccc(N(C)C(=O)/C=C\C=O)cc2)CC1. The van der Waals surface area contributed by atoms with Gasteiger partial charge in [-0.05, 0) is 68.2 Å². The number of benzene rings is 1. The van der Waals surface area contributed by atoms with Gasteiger partial charge < -0.3 is 4.90 Å². The summed E-state index contributed by atoms with van der Waals surface area (Å²) in [7, 11) is 1.68. The van der Waals surface area contributed by atoms with Crippen LogP contribution in [0.5, 0.6) is 0 Å². The smallest absolute Gasteiger partial charge is 0.250 e. The number of rotatable bonds is 7. The highest BCUT2D eigenvalue weighted by Gasteiger charge is 2.29. The highest BCUT2D eigenvalue weighted by Crippen LogP contribution is 2.31. The zero-order valence-corrected chi connectivity index (χ0v) is 19.5. The van der Waals surface area contributed by atoms with E-state index >= 15 is 0 Å². The molecule has 0 bridgehead atoms.